The summed E-state index contributed by atoms with van der Waals surface area (Å²) in [6, 6.07) is 10.9. The number of rotatable bonds is 6. The van der Waals surface area contributed by atoms with E-state index in [4.69, 9.17) is 5.73 Å². The number of amides is 1. The van der Waals surface area contributed by atoms with Gasteiger partial charge >= 0.3 is 5.69 Å². The Balaban J connectivity index is 1.70. The Hall–Kier alpha value is -4.08. The first kappa shape index (κ1) is 18.3. The van der Waals surface area contributed by atoms with Crippen LogP contribution in [0.2, 0.25) is 0 Å². The van der Waals surface area contributed by atoms with E-state index in [9.17, 15) is 14.0 Å². The van der Waals surface area contributed by atoms with Gasteiger partial charge in [-0.25, -0.2) is 23.1 Å². The van der Waals surface area contributed by atoms with E-state index >= 15 is 0 Å². The maximum atomic E-state index is 13.1. The molecule has 3 aromatic heterocycles. The molecule has 9 nitrogen and oxygen atoms in total. The minimum atomic E-state index is -0.706. The molecule has 0 saturated carbocycles. The average Bonchev–Trinajstić information content (AvgIpc) is 3.28. The van der Waals surface area contributed by atoms with Gasteiger partial charge in [-0.3, -0.25) is 9.78 Å². The minimum Gasteiger partial charge on any atom is -0.364 e. The van der Waals surface area contributed by atoms with Crippen LogP contribution in [0.15, 0.2) is 66.0 Å². The van der Waals surface area contributed by atoms with E-state index in [0.29, 0.717) is 5.82 Å². The number of pyridine rings is 1. The number of halogens is 1. The second kappa shape index (κ2) is 7.50. The topological polar surface area (TPSA) is 114 Å². The summed E-state index contributed by atoms with van der Waals surface area (Å²) in [6.07, 6.45) is 4.65. The molecule has 0 unspecified atom stereocenters. The summed E-state index contributed by atoms with van der Waals surface area (Å²) in [5, 5.41) is 8.32. The smallest absolute Gasteiger partial charge is 0.351 e. The zero-order chi connectivity index (χ0) is 20.4. The largest absolute Gasteiger partial charge is 0.364 e. The van der Waals surface area contributed by atoms with Crippen LogP contribution in [-0.4, -0.2) is 35.0 Å². The summed E-state index contributed by atoms with van der Waals surface area (Å²) in [5.41, 5.74) is 6.51. The van der Waals surface area contributed by atoms with Gasteiger partial charge in [0.15, 0.2) is 5.69 Å². The SMILES string of the molecule is NC(=O)c1cc(-n2cnn(Cc3ccc(F)cc3)c2=O)n(Cc2cccnc2)n1. The molecule has 0 aliphatic carbocycles. The monoisotopic (exact) mass is 393 g/mol. The van der Waals surface area contributed by atoms with Crippen LogP contribution in [0.3, 0.4) is 0 Å². The number of hydrogen-bond acceptors (Lipinski definition) is 5. The zero-order valence-corrected chi connectivity index (χ0v) is 15.1. The van der Waals surface area contributed by atoms with Gasteiger partial charge in [-0.1, -0.05) is 18.2 Å². The molecule has 0 atom stereocenters. The highest BCUT2D eigenvalue weighted by molar-refractivity contribution is 5.91. The molecule has 0 aliphatic heterocycles. The normalized spacial score (nSPS) is 10.9. The lowest BCUT2D eigenvalue weighted by Gasteiger charge is -2.06. The molecule has 4 aromatic rings. The number of hydrogen-bond donors (Lipinski definition) is 1. The van der Waals surface area contributed by atoms with E-state index in [1.807, 2.05) is 6.07 Å². The number of nitrogens with two attached hydrogens (primary N) is 1. The minimum absolute atomic E-state index is 0.0297. The van der Waals surface area contributed by atoms with Crippen molar-refractivity contribution >= 4 is 5.91 Å². The highest BCUT2D eigenvalue weighted by atomic mass is 19.1. The Morgan fingerprint density at radius 3 is 2.52 bits per heavy atom. The fourth-order valence-electron chi connectivity index (χ4n) is 2.87. The van der Waals surface area contributed by atoms with Gasteiger partial charge in [-0.15, -0.1) is 0 Å². The molecule has 3 heterocycles. The molecule has 1 aromatic carbocycles. The molecule has 4 rings (SSSR count). The molecule has 10 heteroatoms. The highest BCUT2D eigenvalue weighted by Crippen LogP contribution is 2.12. The third kappa shape index (κ3) is 3.81. The molecule has 1 amide bonds. The second-order valence-electron chi connectivity index (χ2n) is 6.34. The maximum Gasteiger partial charge on any atom is 0.351 e. The van der Waals surface area contributed by atoms with Crippen LogP contribution in [0.25, 0.3) is 5.82 Å². The lowest BCUT2D eigenvalue weighted by molar-refractivity contribution is 0.0995. The van der Waals surface area contributed by atoms with Gasteiger partial charge in [0.1, 0.15) is 18.0 Å². The van der Waals surface area contributed by atoms with Crippen LogP contribution in [-0.2, 0) is 13.1 Å². The van der Waals surface area contributed by atoms with Crippen LogP contribution >= 0.6 is 0 Å². The number of carbonyl (C=O) groups excluding carboxylic acids is 1. The standard InChI is InChI=1S/C19H16FN7O2/c20-15-5-3-13(4-6-15)10-27-19(29)25(12-23-27)17-8-16(18(21)28)24-26(17)11-14-2-1-7-22-9-14/h1-9,12H,10-11H2,(H2,21,28). The maximum absolute atomic E-state index is 13.1. The molecule has 0 spiro atoms. The van der Waals surface area contributed by atoms with Gasteiger partial charge in [-0.2, -0.15) is 10.2 Å². The van der Waals surface area contributed by atoms with Crippen molar-refractivity contribution in [2.24, 2.45) is 5.73 Å². The van der Waals surface area contributed by atoms with E-state index in [-0.39, 0.29) is 24.6 Å². The van der Waals surface area contributed by atoms with E-state index in [2.05, 4.69) is 15.2 Å². The summed E-state index contributed by atoms with van der Waals surface area (Å²) in [6.45, 7) is 0.456. The number of aromatic nitrogens is 6. The van der Waals surface area contributed by atoms with E-state index < -0.39 is 11.6 Å². The predicted molar refractivity (Wildman–Crippen MR) is 101 cm³/mol. The number of nitrogens with zero attached hydrogens (tertiary/aromatic N) is 6. The van der Waals surface area contributed by atoms with Gasteiger partial charge in [0.05, 0.1) is 13.1 Å². The van der Waals surface area contributed by atoms with Crippen molar-refractivity contribution in [3.8, 4) is 5.82 Å². The lowest BCUT2D eigenvalue weighted by Crippen LogP contribution is -2.26. The molecule has 146 valence electrons. The fraction of sp³-hybridized carbons (Fsp3) is 0.105. The van der Waals surface area contributed by atoms with Crippen LogP contribution in [0.5, 0.6) is 0 Å². The summed E-state index contributed by atoms with van der Waals surface area (Å²) >= 11 is 0. The highest BCUT2D eigenvalue weighted by Gasteiger charge is 2.17. The van der Waals surface area contributed by atoms with Gasteiger partial charge in [0.25, 0.3) is 5.91 Å². The van der Waals surface area contributed by atoms with Crippen LogP contribution in [0.4, 0.5) is 4.39 Å². The van der Waals surface area contributed by atoms with Crippen molar-refractivity contribution < 1.29 is 9.18 Å². The van der Waals surface area contributed by atoms with E-state index in [1.54, 1.807) is 30.6 Å². The number of carbonyl (C=O) groups is 1. The Kier molecular flexibility index (Phi) is 4.73. The third-order valence-electron chi connectivity index (χ3n) is 4.29. The molecule has 0 aliphatic rings. The van der Waals surface area contributed by atoms with E-state index in [1.165, 1.54) is 38.5 Å². The van der Waals surface area contributed by atoms with Crippen molar-refractivity contribution in [1.82, 2.24) is 29.1 Å². The predicted octanol–water partition coefficient (Wildman–Crippen LogP) is 0.960. The zero-order valence-electron chi connectivity index (χ0n) is 15.1. The Morgan fingerprint density at radius 2 is 1.83 bits per heavy atom. The number of benzene rings is 1. The summed E-state index contributed by atoms with van der Waals surface area (Å²) in [7, 11) is 0. The van der Waals surface area contributed by atoms with Crippen LogP contribution in [0.1, 0.15) is 21.6 Å². The second-order valence-corrected chi connectivity index (χ2v) is 6.34. The molecule has 29 heavy (non-hydrogen) atoms. The first-order chi connectivity index (χ1) is 14.0. The van der Waals surface area contributed by atoms with Crippen LogP contribution in [0, 0.1) is 5.82 Å². The molecular formula is C19H16FN7O2. The Bertz CT molecular complexity index is 1210. The molecule has 0 saturated heterocycles. The first-order valence-electron chi connectivity index (χ1n) is 8.67. The fourth-order valence-corrected chi connectivity index (χ4v) is 2.87. The number of primary amides is 1. The third-order valence-corrected chi connectivity index (χ3v) is 4.29. The van der Waals surface area contributed by atoms with E-state index in [0.717, 1.165) is 11.1 Å². The van der Waals surface area contributed by atoms with Crippen molar-refractivity contribution in [3.05, 3.63) is 94.3 Å². The van der Waals surface area contributed by atoms with Crippen molar-refractivity contribution in [3.63, 3.8) is 0 Å². The molecular weight excluding hydrogens is 377 g/mol. The Labute approximate surface area is 163 Å². The summed E-state index contributed by atoms with van der Waals surface area (Å²) < 4.78 is 17.1. The summed E-state index contributed by atoms with van der Waals surface area (Å²) in [4.78, 5) is 28.5. The molecule has 2 N–H and O–H groups in total. The lowest BCUT2D eigenvalue weighted by atomic mass is 10.2. The first-order valence-corrected chi connectivity index (χ1v) is 8.67. The molecule has 0 bridgehead atoms. The quantitative estimate of drug-likeness (QED) is 0.524. The van der Waals surface area contributed by atoms with Gasteiger partial charge < -0.3 is 5.73 Å². The van der Waals surface area contributed by atoms with Gasteiger partial charge in [-0.05, 0) is 29.3 Å². The van der Waals surface area contributed by atoms with Crippen molar-refractivity contribution in [2.45, 2.75) is 13.1 Å². The average molecular weight is 393 g/mol. The Morgan fingerprint density at radius 1 is 1.07 bits per heavy atom. The van der Waals surface area contributed by atoms with Gasteiger partial charge in [0, 0.05) is 18.5 Å². The van der Waals surface area contributed by atoms with Crippen LogP contribution < -0.4 is 11.4 Å². The van der Waals surface area contributed by atoms with Crippen molar-refractivity contribution in [2.75, 3.05) is 0 Å². The summed E-state index contributed by atoms with van der Waals surface area (Å²) in [5.74, 6) is -0.717. The molecule has 0 fully saturated rings. The molecule has 0 radical (unpaired) electrons. The van der Waals surface area contributed by atoms with Crippen molar-refractivity contribution in [1.29, 1.82) is 0 Å². The van der Waals surface area contributed by atoms with Gasteiger partial charge in [0.2, 0.25) is 0 Å².